The molecule has 1 aliphatic carbocycles. The van der Waals surface area contributed by atoms with Crippen LogP contribution >= 0.6 is 0 Å². The van der Waals surface area contributed by atoms with Gasteiger partial charge in [0.2, 0.25) is 5.91 Å². The number of carbonyl (C=O) groups is 2. The number of H-pyrrole nitrogens is 1. The molecule has 1 saturated heterocycles. The highest BCUT2D eigenvalue weighted by Crippen LogP contribution is 2.65. The van der Waals surface area contributed by atoms with Crippen LogP contribution in [0, 0.1) is 22.7 Å². The third kappa shape index (κ3) is 3.24. The number of anilines is 1. The van der Waals surface area contributed by atoms with E-state index >= 15 is 0 Å². The summed E-state index contributed by atoms with van der Waals surface area (Å²) in [6, 6.07) is 2.14. The van der Waals surface area contributed by atoms with E-state index in [1.807, 2.05) is 20.8 Å². The lowest BCUT2D eigenvalue weighted by Crippen LogP contribution is -2.55. The average molecular weight is 375 g/mol. The molecule has 1 saturated carbocycles. The molecule has 1 aromatic heterocycles. The number of fused-ring (bicyclic) bond motifs is 1. The largest absolute Gasteiger partial charge is 0.467 e. The molecule has 0 unspecified atom stereocenters. The van der Waals surface area contributed by atoms with Crippen LogP contribution in [0.5, 0.6) is 0 Å². The van der Waals surface area contributed by atoms with Gasteiger partial charge in [0.15, 0.2) is 0 Å². The fraction of sp³-hybridized carbons (Fsp3) is 0.650. The summed E-state index contributed by atoms with van der Waals surface area (Å²) in [5.41, 5.74) is -0.362. The molecular weight excluding hydrogens is 346 g/mol. The van der Waals surface area contributed by atoms with Crippen LogP contribution in [-0.4, -0.2) is 47.5 Å². The summed E-state index contributed by atoms with van der Waals surface area (Å²) < 4.78 is 5.00. The molecule has 0 bridgehead atoms. The van der Waals surface area contributed by atoms with Gasteiger partial charge in [-0.1, -0.05) is 34.6 Å². The molecule has 2 fully saturated rings. The Morgan fingerprint density at radius 1 is 1.37 bits per heavy atom. The van der Waals surface area contributed by atoms with Crippen molar-refractivity contribution < 1.29 is 14.3 Å². The van der Waals surface area contributed by atoms with Gasteiger partial charge >= 0.3 is 5.97 Å². The first-order chi connectivity index (χ1) is 12.5. The van der Waals surface area contributed by atoms with Crippen molar-refractivity contribution in [3.8, 4) is 0 Å². The van der Waals surface area contributed by atoms with Gasteiger partial charge in [0.1, 0.15) is 17.8 Å². The second-order valence-corrected chi connectivity index (χ2v) is 9.27. The van der Waals surface area contributed by atoms with E-state index in [2.05, 4.69) is 24.1 Å². The van der Waals surface area contributed by atoms with Gasteiger partial charge in [0.05, 0.1) is 7.11 Å². The van der Waals surface area contributed by atoms with E-state index in [1.54, 1.807) is 23.2 Å². The minimum Gasteiger partial charge on any atom is -0.467 e. The van der Waals surface area contributed by atoms with Crippen molar-refractivity contribution in [2.24, 2.45) is 22.7 Å². The fourth-order valence-corrected chi connectivity index (χ4v) is 4.41. The van der Waals surface area contributed by atoms with Crippen LogP contribution < -0.4 is 10.9 Å². The number of rotatable bonds is 4. The minimum atomic E-state index is -0.645. The predicted molar refractivity (Wildman–Crippen MR) is 102 cm³/mol. The Morgan fingerprint density at radius 2 is 2.04 bits per heavy atom. The first-order valence-corrected chi connectivity index (χ1v) is 9.32. The number of amides is 1. The fourth-order valence-electron chi connectivity index (χ4n) is 4.41. The smallest absolute Gasteiger partial charge is 0.328 e. The Labute approximate surface area is 159 Å². The first kappa shape index (κ1) is 19.5. The number of methoxy groups -OCH3 is 1. The summed E-state index contributed by atoms with van der Waals surface area (Å²) >= 11 is 0. The maximum Gasteiger partial charge on any atom is 0.328 e. The normalized spacial score (nSPS) is 26.9. The number of hydrogen-bond acceptors (Lipinski definition) is 5. The Balaban J connectivity index is 1.89. The summed E-state index contributed by atoms with van der Waals surface area (Å²) in [7, 11) is 1.36. The van der Waals surface area contributed by atoms with Crippen LogP contribution in [0.15, 0.2) is 23.1 Å². The van der Waals surface area contributed by atoms with E-state index in [9.17, 15) is 14.4 Å². The van der Waals surface area contributed by atoms with Gasteiger partial charge in [-0.3, -0.25) is 9.59 Å². The molecule has 148 valence electrons. The minimum absolute atomic E-state index is 0.0386. The number of likely N-dealkylation sites (tertiary alicyclic amines) is 1. The Hall–Kier alpha value is -2.31. The molecule has 2 heterocycles. The van der Waals surface area contributed by atoms with E-state index in [1.165, 1.54) is 7.11 Å². The summed E-state index contributed by atoms with van der Waals surface area (Å²) in [6.45, 7) is 10.6. The van der Waals surface area contributed by atoms with Crippen LogP contribution in [0.3, 0.4) is 0 Å². The van der Waals surface area contributed by atoms with Crippen molar-refractivity contribution >= 4 is 17.6 Å². The maximum absolute atomic E-state index is 13.5. The van der Waals surface area contributed by atoms with E-state index in [-0.39, 0.29) is 28.8 Å². The van der Waals surface area contributed by atoms with Gasteiger partial charge in [0.25, 0.3) is 5.56 Å². The number of nitrogens with zero attached hydrogens (tertiary/aromatic N) is 1. The number of aromatic amines is 1. The Bertz CT molecular complexity index is 808. The number of aromatic nitrogens is 1. The molecule has 0 aromatic carbocycles. The van der Waals surface area contributed by atoms with Crippen LogP contribution in [0.4, 0.5) is 5.69 Å². The summed E-state index contributed by atoms with van der Waals surface area (Å²) in [5.74, 6) is -0.128. The number of hydrogen-bond donors (Lipinski definition) is 2. The molecular formula is C20H29N3O4. The number of piperidine rings is 1. The van der Waals surface area contributed by atoms with Gasteiger partial charge in [-0.25, -0.2) is 4.79 Å². The molecule has 0 spiro atoms. The van der Waals surface area contributed by atoms with Crippen LogP contribution in [0.1, 0.15) is 34.6 Å². The molecule has 1 aromatic rings. The lowest BCUT2D eigenvalue weighted by atomic mass is 9.85. The molecule has 2 aliphatic rings. The number of nitrogens with one attached hydrogen (secondary N) is 2. The lowest BCUT2D eigenvalue weighted by molar-refractivity contribution is -0.154. The van der Waals surface area contributed by atoms with Crippen molar-refractivity contribution in [2.45, 2.75) is 46.7 Å². The molecule has 3 rings (SSSR count). The number of pyridine rings is 1. The average Bonchev–Trinajstić information content (AvgIpc) is 2.95. The number of ether oxygens (including phenoxy) is 1. The van der Waals surface area contributed by atoms with Gasteiger partial charge in [-0.05, 0) is 28.9 Å². The zero-order chi connectivity index (χ0) is 20.1. The molecule has 4 atom stereocenters. The van der Waals surface area contributed by atoms with Gasteiger partial charge in [-0.2, -0.15) is 0 Å². The van der Waals surface area contributed by atoms with Crippen molar-refractivity contribution in [2.75, 3.05) is 19.0 Å². The summed E-state index contributed by atoms with van der Waals surface area (Å²) in [6.07, 6.45) is 1.55. The lowest BCUT2D eigenvalue weighted by Gasteiger charge is -2.37. The third-order valence-corrected chi connectivity index (χ3v) is 6.17. The molecule has 0 radical (unpaired) electrons. The second-order valence-electron chi connectivity index (χ2n) is 9.27. The highest BCUT2D eigenvalue weighted by Gasteiger charge is 2.70. The third-order valence-electron chi connectivity index (χ3n) is 6.17. The maximum atomic E-state index is 13.5. The van der Waals surface area contributed by atoms with Crippen molar-refractivity contribution in [1.82, 2.24) is 9.88 Å². The number of esters is 1. The van der Waals surface area contributed by atoms with Crippen molar-refractivity contribution in [1.29, 1.82) is 0 Å². The quantitative estimate of drug-likeness (QED) is 0.784. The summed E-state index contributed by atoms with van der Waals surface area (Å²) in [5, 5.41) is 3.10. The van der Waals surface area contributed by atoms with E-state index in [4.69, 9.17) is 4.74 Å². The molecule has 1 aliphatic heterocycles. The molecule has 27 heavy (non-hydrogen) atoms. The highest BCUT2D eigenvalue weighted by molar-refractivity contribution is 5.91. The van der Waals surface area contributed by atoms with Gasteiger partial charge in [0, 0.05) is 18.7 Å². The molecule has 7 heteroatoms. The van der Waals surface area contributed by atoms with Crippen molar-refractivity contribution in [3.05, 3.63) is 28.7 Å². The van der Waals surface area contributed by atoms with Gasteiger partial charge < -0.3 is 19.9 Å². The highest BCUT2D eigenvalue weighted by atomic mass is 16.5. The second kappa shape index (κ2) is 6.39. The summed E-state index contributed by atoms with van der Waals surface area (Å²) in [4.78, 5) is 42.2. The van der Waals surface area contributed by atoms with E-state index < -0.39 is 17.5 Å². The molecule has 2 N–H and O–H groups in total. The number of carbonyl (C=O) groups excluding carboxylic acids is 2. The van der Waals surface area contributed by atoms with Crippen LogP contribution in [0.25, 0.3) is 0 Å². The topological polar surface area (TPSA) is 91.5 Å². The molecule has 7 nitrogen and oxygen atoms in total. The SMILES string of the molecule is COC(=O)[C@@H]1[C@@H]2[C@H](CN1C(=O)[C@@H](Nc1ccc[nH]c1=O)C(C)(C)C)C2(C)C. The van der Waals surface area contributed by atoms with Crippen molar-refractivity contribution in [3.63, 3.8) is 0 Å². The van der Waals surface area contributed by atoms with E-state index in [0.717, 1.165) is 0 Å². The predicted octanol–water partition coefficient (Wildman–Crippen LogP) is 1.86. The zero-order valence-corrected chi connectivity index (χ0v) is 16.8. The Kier molecular flexibility index (Phi) is 4.60. The standard InChI is InChI=1S/C20H29N3O4/c1-19(2,3)15(22-12-8-7-9-21-16(12)24)17(25)23-10-11-13(20(11,4)5)14(23)18(26)27-6/h7-9,11,13-15,22H,10H2,1-6H3,(H,21,24)/t11-,13-,14-,15+/m0/s1. The van der Waals surface area contributed by atoms with Crippen LogP contribution in [0.2, 0.25) is 0 Å². The Morgan fingerprint density at radius 3 is 2.59 bits per heavy atom. The van der Waals surface area contributed by atoms with E-state index in [0.29, 0.717) is 18.2 Å². The van der Waals surface area contributed by atoms with Gasteiger partial charge in [-0.15, -0.1) is 0 Å². The zero-order valence-electron chi connectivity index (χ0n) is 16.8. The van der Waals surface area contributed by atoms with Crippen LogP contribution in [-0.2, 0) is 14.3 Å². The molecule has 1 amide bonds. The first-order valence-electron chi connectivity index (χ1n) is 9.32. The monoisotopic (exact) mass is 375 g/mol.